The number of fused-ring (bicyclic) bond motifs is 1. The number of methoxy groups -OCH3 is 2. The molecule has 0 spiro atoms. The van der Waals surface area contributed by atoms with Crippen molar-refractivity contribution in [3.63, 3.8) is 0 Å². The molecule has 1 aromatic heterocycles. The van der Waals surface area contributed by atoms with Crippen LogP contribution in [0.4, 0.5) is 17.3 Å². The van der Waals surface area contributed by atoms with Gasteiger partial charge in [0.25, 0.3) is 11.6 Å². The molecule has 192 valence electrons. The summed E-state index contributed by atoms with van der Waals surface area (Å²) < 4.78 is 12.6. The van der Waals surface area contributed by atoms with E-state index in [0.29, 0.717) is 45.5 Å². The molecule has 38 heavy (non-hydrogen) atoms. The number of amides is 1. The molecule has 0 saturated heterocycles. The Labute approximate surface area is 217 Å². The minimum atomic E-state index is -0.711. The van der Waals surface area contributed by atoms with Gasteiger partial charge in [-0.15, -0.1) is 5.10 Å². The number of carbonyl (C=O) groups is 1. The molecular weight excluding hydrogens is 488 g/mol. The number of nitro benzene ring substituents is 1. The average Bonchev–Trinajstić information content (AvgIpc) is 3.36. The zero-order chi connectivity index (χ0) is 26.8. The average molecular weight is 513 g/mol. The number of nitrogens with one attached hydrogen (secondary N) is 2. The lowest BCUT2D eigenvalue weighted by molar-refractivity contribution is -0.384. The lowest BCUT2D eigenvalue weighted by atomic mass is 9.94. The SMILES string of the molecule is COc1ccccc1NC(=O)C1=C(C)Nc2nc(-c3cccc([N+](=O)[O-])c3)nn2C1c1ccccc1OC. The van der Waals surface area contributed by atoms with Crippen LogP contribution in [0.25, 0.3) is 11.4 Å². The number of nitro groups is 1. The number of para-hydroxylation sites is 3. The Bertz CT molecular complexity index is 1580. The van der Waals surface area contributed by atoms with Crippen molar-refractivity contribution in [1.82, 2.24) is 14.8 Å². The van der Waals surface area contributed by atoms with Crippen molar-refractivity contribution in [3.8, 4) is 22.9 Å². The first kappa shape index (κ1) is 24.5. The predicted molar refractivity (Wildman–Crippen MR) is 141 cm³/mol. The zero-order valence-electron chi connectivity index (χ0n) is 20.8. The Morgan fingerprint density at radius 1 is 1.03 bits per heavy atom. The van der Waals surface area contributed by atoms with Crippen molar-refractivity contribution in [1.29, 1.82) is 0 Å². The fourth-order valence-corrected chi connectivity index (χ4v) is 4.44. The van der Waals surface area contributed by atoms with E-state index in [0.717, 1.165) is 0 Å². The fraction of sp³-hybridized carbons (Fsp3) is 0.148. The first-order valence-corrected chi connectivity index (χ1v) is 11.7. The van der Waals surface area contributed by atoms with Crippen molar-refractivity contribution in [2.75, 3.05) is 24.9 Å². The molecule has 1 atom stereocenters. The van der Waals surface area contributed by atoms with Crippen LogP contribution in [0.2, 0.25) is 0 Å². The van der Waals surface area contributed by atoms with Crippen molar-refractivity contribution >= 4 is 23.2 Å². The third-order valence-electron chi connectivity index (χ3n) is 6.20. The number of carbonyl (C=O) groups excluding carboxylic acids is 1. The van der Waals surface area contributed by atoms with Crippen LogP contribution >= 0.6 is 0 Å². The van der Waals surface area contributed by atoms with Gasteiger partial charge in [0.2, 0.25) is 5.95 Å². The number of ether oxygens (including phenoxy) is 2. The molecular formula is C27H24N6O5. The number of hydrogen-bond acceptors (Lipinski definition) is 8. The number of hydrogen-bond donors (Lipinski definition) is 2. The Morgan fingerprint density at radius 3 is 2.47 bits per heavy atom. The molecule has 0 fully saturated rings. The third kappa shape index (κ3) is 4.41. The number of benzene rings is 3. The van der Waals surface area contributed by atoms with Crippen LogP contribution in [0.5, 0.6) is 11.5 Å². The number of anilines is 2. The minimum absolute atomic E-state index is 0.0734. The maximum Gasteiger partial charge on any atom is 0.270 e. The zero-order valence-corrected chi connectivity index (χ0v) is 20.8. The summed E-state index contributed by atoms with van der Waals surface area (Å²) in [7, 11) is 3.09. The van der Waals surface area contributed by atoms with E-state index < -0.39 is 11.0 Å². The molecule has 0 bridgehead atoms. The summed E-state index contributed by atoms with van der Waals surface area (Å²) >= 11 is 0. The molecule has 1 unspecified atom stereocenters. The third-order valence-corrected chi connectivity index (χ3v) is 6.20. The van der Waals surface area contributed by atoms with Gasteiger partial charge < -0.3 is 20.1 Å². The number of rotatable bonds is 7. The molecule has 2 heterocycles. The highest BCUT2D eigenvalue weighted by atomic mass is 16.6. The first-order valence-electron chi connectivity index (χ1n) is 11.7. The highest BCUT2D eigenvalue weighted by Crippen LogP contribution is 2.40. The van der Waals surface area contributed by atoms with E-state index in [4.69, 9.17) is 9.47 Å². The molecule has 11 nitrogen and oxygen atoms in total. The molecule has 1 aliphatic heterocycles. The van der Waals surface area contributed by atoms with Gasteiger partial charge in [0.05, 0.1) is 30.4 Å². The van der Waals surface area contributed by atoms with E-state index in [1.807, 2.05) is 24.3 Å². The maximum absolute atomic E-state index is 13.8. The van der Waals surface area contributed by atoms with Crippen LogP contribution in [0.3, 0.4) is 0 Å². The van der Waals surface area contributed by atoms with Gasteiger partial charge in [0.15, 0.2) is 5.82 Å². The van der Waals surface area contributed by atoms with Crippen LogP contribution in [0.15, 0.2) is 84.1 Å². The molecule has 0 saturated carbocycles. The second-order valence-corrected chi connectivity index (χ2v) is 8.47. The summed E-state index contributed by atoms with van der Waals surface area (Å²) in [6.07, 6.45) is 0. The van der Waals surface area contributed by atoms with Gasteiger partial charge in [-0.25, -0.2) is 4.68 Å². The standard InChI is InChI=1S/C27H24N6O5/c1-16-23(26(34)29-20-12-5-7-14-22(20)38-3)24(19-11-4-6-13-21(19)37-2)32-27(28-16)30-25(31-32)17-9-8-10-18(15-17)33(35)36/h4-15,24H,1-3H3,(H,29,34)(H,28,30,31). The highest BCUT2D eigenvalue weighted by molar-refractivity contribution is 6.06. The predicted octanol–water partition coefficient (Wildman–Crippen LogP) is 4.80. The van der Waals surface area contributed by atoms with E-state index in [9.17, 15) is 14.9 Å². The molecule has 3 aromatic carbocycles. The first-order chi connectivity index (χ1) is 18.4. The molecule has 2 N–H and O–H groups in total. The van der Waals surface area contributed by atoms with Gasteiger partial charge in [-0.1, -0.05) is 42.5 Å². The molecule has 11 heteroatoms. The summed E-state index contributed by atoms with van der Waals surface area (Å²) in [6, 6.07) is 19.9. The van der Waals surface area contributed by atoms with Gasteiger partial charge in [-0.3, -0.25) is 14.9 Å². The quantitative estimate of drug-likeness (QED) is 0.267. The van der Waals surface area contributed by atoms with E-state index in [1.54, 1.807) is 55.1 Å². The summed E-state index contributed by atoms with van der Waals surface area (Å²) in [5.74, 6) is 1.37. The molecule has 1 aliphatic rings. The van der Waals surface area contributed by atoms with Gasteiger partial charge in [-0.05, 0) is 25.1 Å². The van der Waals surface area contributed by atoms with Crippen LogP contribution in [-0.4, -0.2) is 39.8 Å². The summed E-state index contributed by atoms with van der Waals surface area (Å²) in [4.78, 5) is 29.2. The summed E-state index contributed by atoms with van der Waals surface area (Å²) in [5, 5.41) is 22.1. The van der Waals surface area contributed by atoms with Crippen molar-refractivity contribution in [3.05, 3.63) is 99.7 Å². The monoisotopic (exact) mass is 512 g/mol. The van der Waals surface area contributed by atoms with E-state index in [2.05, 4.69) is 20.7 Å². The van der Waals surface area contributed by atoms with Gasteiger partial charge in [0, 0.05) is 29.0 Å². The second-order valence-electron chi connectivity index (χ2n) is 8.47. The van der Waals surface area contributed by atoms with E-state index in [1.165, 1.54) is 19.2 Å². The van der Waals surface area contributed by atoms with Gasteiger partial charge in [0.1, 0.15) is 17.5 Å². The number of allylic oxidation sites excluding steroid dienone is 1. The molecule has 5 rings (SSSR count). The van der Waals surface area contributed by atoms with Crippen molar-refractivity contribution in [2.45, 2.75) is 13.0 Å². The van der Waals surface area contributed by atoms with E-state index >= 15 is 0 Å². The van der Waals surface area contributed by atoms with Crippen LogP contribution in [-0.2, 0) is 4.79 Å². The Kier molecular flexibility index (Phi) is 6.48. The lowest BCUT2D eigenvalue weighted by Crippen LogP contribution is -2.31. The molecule has 0 aliphatic carbocycles. The second kappa shape index (κ2) is 10.1. The number of nitrogens with zero attached hydrogens (tertiary/aromatic N) is 4. The Hall–Kier alpha value is -5.19. The molecule has 0 radical (unpaired) electrons. The maximum atomic E-state index is 13.8. The normalized spacial score (nSPS) is 14.3. The minimum Gasteiger partial charge on any atom is -0.496 e. The van der Waals surface area contributed by atoms with Gasteiger partial charge >= 0.3 is 0 Å². The van der Waals surface area contributed by atoms with E-state index in [-0.39, 0.29) is 17.4 Å². The fourth-order valence-electron chi connectivity index (χ4n) is 4.44. The topological polar surface area (TPSA) is 133 Å². The highest BCUT2D eigenvalue weighted by Gasteiger charge is 2.36. The largest absolute Gasteiger partial charge is 0.496 e. The van der Waals surface area contributed by atoms with Gasteiger partial charge in [-0.2, -0.15) is 4.98 Å². The lowest BCUT2D eigenvalue weighted by Gasteiger charge is -2.29. The number of aromatic nitrogens is 3. The van der Waals surface area contributed by atoms with Crippen LogP contribution < -0.4 is 20.1 Å². The van der Waals surface area contributed by atoms with Crippen LogP contribution in [0.1, 0.15) is 18.5 Å². The Balaban J connectivity index is 1.63. The molecule has 4 aromatic rings. The number of non-ortho nitro benzene ring substituents is 1. The summed E-state index contributed by atoms with van der Waals surface area (Å²) in [6.45, 7) is 1.78. The van der Waals surface area contributed by atoms with Crippen molar-refractivity contribution < 1.29 is 19.2 Å². The summed E-state index contributed by atoms with van der Waals surface area (Å²) in [5.41, 5.74) is 2.57. The van der Waals surface area contributed by atoms with Crippen LogP contribution in [0, 0.1) is 10.1 Å². The molecule has 1 amide bonds. The smallest absolute Gasteiger partial charge is 0.270 e. The Morgan fingerprint density at radius 2 is 1.74 bits per heavy atom. The van der Waals surface area contributed by atoms with Crippen molar-refractivity contribution in [2.24, 2.45) is 0 Å².